The maximum absolute atomic E-state index is 12.6. The first-order valence-corrected chi connectivity index (χ1v) is 8.92. The Balaban J connectivity index is 1.46. The summed E-state index contributed by atoms with van der Waals surface area (Å²) in [6.07, 6.45) is 0.264. The van der Waals surface area contributed by atoms with Crippen LogP contribution in [0.4, 0.5) is 0 Å². The molecule has 0 saturated carbocycles. The Bertz CT molecular complexity index is 794. The number of carbonyl (C=O) groups excluding carboxylic acids is 2. The van der Waals surface area contributed by atoms with Crippen LogP contribution in [0.15, 0.2) is 30.3 Å². The predicted molar refractivity (Wildman–Crippen MR) is 91.3 cm³/mol. The number of aromatic amines is 1. The Hall–Kier alpha value is -2.42. The Morgan fingerprint density at radius 1 is 1.36 bits per heavy atom. The van der Waals surface area contributed by atoms with E-state index in [2.05, 4.69) is 25.9 Å². The van der Waals surface area contributed by atoms with Crippen LogP contribution in [0.1, 0.15) is 31.3 Å². The van der Waals surface area contributed by atoms with Gasteiger partial charge in [-0.3, -0.25) is 9.59 Å². The molecule has 8 nitrogen and oxygen atoms in total. The van der Waals surface area contributed by atoms with Crippen molar-refractivity contribution < 1.29 is 9.59 Å². The van der Waals surface area contributed by atoms with E-state index in [0.29, 0.717) is 5.82 Å². The van der Waals surface area contributed by atoms with Crippen LogP contribution in [-0.2, 0) is 16.0 Å². The van der Waals surface area contributed by atoms with Crippen molar-refractivity contribution in [2.24, 2.45) is 0 Å². The molecule has 130 valence electrons. The quantitative estimate of drug-likeness (QED) is 0.778. The standard InChI is InChI=1S/C16H18N6O2S/c1-16(2)12(13-18-20-21-19-13)22-14(24)11(15(22)25-16)17-10(23)8-9-6-4-3-5-7-9/h3-7,11-12,15H,8H2,1-2H3,(H,17,23)(H,18,19,20,21). The number of carbonyl (C=O) groups is 2. The zero-order valence-corrected chi connectivity index (χ0v) is 14.7. The van der Waals surface area contributed by atoms with Crippen LogP contribution in [-0.4, -0.2) is 53.5 Å². The van der Waals surface area contributed by atoms with Gasteiger partial charge in [-0.1, -0.05) is 35.5 Å². The van der Waals surface area contributed by atoms with E-state index in [1.54, 1.807) is 16.7 Å². The molecule has 1 aromatic carbocycles. The molecule has 0 bridgehead atoms. The fourth-order valence-electron chi connectivity index (χ4n) is 3.46. The lowest BCUT2D eigenvalue weighted by molar-refractivity contribution is -0.151. The molecule has 1 aromatic heterocycles. The molecule has 3 heterocycles. The van der Waals surface area contributed by atoms with E-state index in [4.69, 9.17) is 0 Å². The molecule has 9 heteroatoms. The second kappa shape index (κ2) is 5.83. The summed E-state index contributed by atoms with van der Waals surface area (Å²) in [5.74, 6) is 0.257. The molecule has 2 aliphatic heterocycles. The highest BCUT2D eigenvalue weighted by molar-refractivity contribution is 8.01. The average Bonchev–Trinajstić information content (AvgIpc) is 3.18. The number of β-lactam (4-membered cyclic amide) rings is 1. The van der Waals surface area contributed by atoms with Gasteiger partial charge in [-0.15, -0.1) is 22.0 Å². The second-order valence-corrected chi connectivity index (χ2v) is 8.51. The molecule has 3 unspecified atom stereocenters. The Kier molecular flexibility index (Phi) is 3.75. The first-order valence-electron chi connectivity index (χ1n) is 8.04. The third-order valence-electron chi connectivity index (χ3n) is 4.57. The molecule has 4 rings (SSSR count). The van der Waals surface area contributed by atoms with Gasteiger partial charge in [0.15, 0.2) is 5.82 Å². The molecule has 0 aliphatic carbocycles. The highest BCUT2D eigenvalue weighted by Gasteiger charge is 2.63. The summed E-state index contributed by atoms with van der Waals surface area (Å²) >= 11 is 1.65. The highest BCUT2D eigenvalue weighted by Crippen LogP contribution is 2.56. The summed E-state index contributed by atoms with van der Waals surface area (Å²) in [4.78, 5) is 26.7. The summed E-state index contributed by atoms with van der Waals surface area (Å²) < 4.78 is -0.261. The van der Waals surface area contributed by atoms with Crippen molar-refractivity contribution >= 4 is 23.6 Å². The summed E-state index contributed by atoms with van der Waals surface area (Å²) in [6, 6.07) is 8.73. The number of fused-ring (bicyclic) bond motifs is 1. The number of tetrazole rings is 1. The van der Waals surface area contributed by atoms with E-state index in [1.165, 1.54) is 0 Å². The van der Waals surface area contributed by atoms with Crippen LogP contribution in [0.3, 0.4) is 0 Å². The van der Waals surface area contributed by atoms with Gasteiger partial charge >= 0.3 is 0 Å². The van der Waals surface area contributed by atoms with Crippen LogP contribution in [0.25, 0.3) is 0 Å². The number of thioether (sulfide) groups is 1. The largest absolute Gasteiger partial charge is 0.341 e. The smallest absolute Gasteiger partial charge is 0.249 e. The summed E-state index contributed by atoms with van der Waals surface area (Å²) in [5, 5.41) is 16.9. The van der Waals surface area contributed by atoms with Crippen molar-refractivity contribution in [3.63, 3.8) is 0 Å². The lowest BCUT2D eigenvalue weighted by Crippen LogP contribution is -2.68. The molecule has 2 fully saturated rings. The van der Waals surface area contributed by atoms with E-state index in [0.717, 1.165) is 5.56 Å². The molecule has 25 heavy (non-hydrogen) atoms. The van der Waals surface area contributed by atoms with Crippen LogP contribution < -0.4 is 5.32 Å². The van der Waals surface area contributed by atoms with Gasteiger partial charge in [-0.2, -0.15) is 5.21 Å². The minimum Gasteiger partial charge on any atom is -0.341 e. The van der Waals surface area contributed by atoms with E-state index < -0.39 is 6.04 Å². The third kappa shape index (κ3) is 2.68. The van der Waals surface area contributed by atoms with Crippen molar-refractivity contribution in [1.29, 1.82) is 0 Å². The first-order chi connectivity index (χ1) is 12.0. The molecule has 0 radical (unpaired) electrons. The number of nitrogens with one attached hydrogen (secondary N) is 2. The second-order valence-electron chi connectivity index (χ2n) is 6.74. The number of nitrogens with zero attached hydrogens (tertiary/aromatic N) is 4. The molecule has 2 aromatic rings. The Morgan fingerprint density at radius 2 is 2.12 bits per heavy atom. The third-order valence-corrected chi connectivity index (χ3v) is 6.14. The number of amides is 2. The first kappa shape index (κ1) is 16.1. The molecular weight excluding hydrogens is 340 g/mol. The topological polar surface area (TPSA) is 104 Å². The van der Waals surface area contributed by atoms with Crippen molar-refractivity contribution in [2.45, 2.75) is 42.5 Å². The Morgan fingerprint density at radius 3 is 2.80 bits per heavy atom. The lowest BCUT2D eigenvalue weighted by Gasteiger charge is -2.44. The fourth-order valence-corrected chi connectivity index (χ4v) is 5.09. The van der Waals surface area contributed by atoms with Gasteiger partial charge in [0.1, 0.15) is 17.5 Å². The number of hydrogen-bond donors (Lipinski definition) is 2. The maximum Gasteiger partial charge on any atom is 0.249 e. The van der Waals surface area contributed by atoms with E-state index in [1.807, 2.05) is 44.2 Å². The summed E-state index contributed by atoms with van der Waals surface area (Å²) in [6.45, 7) is 4.10. The molecule has 2 N–H and O–H groups in total. The summed E-state index contributed by atoms with van der Waals surface area (Å²) in [7, 11) is 0. The van der Waals surface area contributed by atoms with Gasteiger partial charge in [0.05, 0.1) is 6.42 Å². The molecule has 0 spiro atoms. The number of rotatable bonds is 4. The van der Waals surface area contributed by atoms with Crippen LogP contribution in [0.5, 0.6) is 0 Å². The van der Waals surface area contributed by atoms with Crippen LogP contribution in [0.2, 0.25) is 0 Å². The van der Waals surface area contributed by atoms with E-state index >= 15 is 0 Å². The van der Waals surface area contributed by atoms with Crippen molar-refractivity contribution in [2.75, 3.05) is 0 Å². The van der Waals surface area contributed by atoms with Crippen molar-refractivity contribution in [1.82, 2.24) is 30.8 Å². The lowest BCUT2D eigenvalue weighted by atomic mass is 9.95. The van der Waals surface area contributed by atoms with Crippen LogP contribution >= 0.6 is 11.8 Å². The van der Waals surface area contributed by atoms with Crippen LogP contribution in [0, 0.1) is 0 Å². The molecule has 3 atom stereocenters. The van der Waals surface area contributed by atoms with Gasteiger partial charge < -0.3 is 10.2 Å². The summed E-state index contributed by atoms with van der Waals surface area (Å²) in [5.41, 5.74) is 0.924. The maximum atomic E-state index is 12.6. The normalized spacial score (nSPS) is 26.9. The van der Waals surface area contributed by atoms with Crippen molar-refractivity contribution in [3.05, 3.63) is 41.7 Å². The van der Waals surface area contributed by atoms with Gasteiger partial charge in [0.25, 0.3) is 0 Å². The molecule has 2 aliphatic rings. The van der Waals surface area contributed by atoms with E-state index in [-0.39, 0.29) is 34.4 Å². The number of hydrogen-bond acceptors (Lipinski definition) is 6. The average molecular weight is 358 g/mol. The van der Waals surface area contributed by atoms with Gasteiger partial charge in [0, 0.05) is 4.75 Å². The highest BCUT2D eigenvalue weighted by atomic mass is 32.2. The zero-order chi connectivity index (χ0) is 17.6. The van der Waals surface area contributed by atoms with E-state index in [9.17, 15) is 9.59 Å². The SMILES string of the molecule is CC1(C)SC2C(NC(=O)Cc3ccccc3)C(=O)N2C1c1nn[nH]n1. The zero-order valence-electron chi connectivity index (χ0n) is 13.8. The minimum atomic E-state index is -0.502. The van der Waals surface area contributed by atoms with Gasteiger partial charge in [-0.05, 0) is 19.4 Å². The van der Waals surface area contributed by atoms with Crippen molar-refractivity contribution in [3.8, 4) is 0 Å². The number of aromatic nitrogens is 4. The minimum absolute atomic E-state index is 0.0979. The molecule has 2 saturated heterocycles. The molecular formula is C16H18N6O2S. The number of H-pyrrole nitrogens is 1. The Labute approximate surface area is 148 Å². The molecule has 2 amide bonds. The monoisotopic (exact) mass is 358 g/mol. The predicted octanol–water partition coefficient (Wildman–Crippen LogP) is 0.662. The van der Waals surface area contributed by atoms with Gasteiger partial charge in [0.2, 0.25) is 11.8 Å². The fraction of sp³-hybridized carbons (Fsp3) is 0.438. The van der Waals surface area contributed by atoms with Gasteiger partial charge in [-0.25, -0.2) is 0 Å². The number of benzene rings is 1.